The molecule has 3 aromatic rings. The van der Waals surface area contributed by atoms with Crippen LogP contribution in [0, 0.1) is 5.82 Å². The number of nitrogens with zero attached hydrogens (tertiary/aromatic N) is 2. The van der Waals surface area contributed by atoms with Crippen LogP contribution >= 0.6 is 22.7 Å². The Morgan fingerprint density at radius 1 is 1.13 bits per heavy atom. The summed E-state index contributed by atoms with van der Waals surface area (Å²) in [7, 11) is 0. The van der Waals surface area contributed by atoms with Gasteiger partial charge in [0.1, 0.15) is 5.82 Å². The van der Waals surface area contributed by atoms with E-state index in [0.29, 0.717) is 16.4 Å². The molecule has 1 saturated heterocycles. The predicted molar refractivity (Wildman–Crippen MR) is 117 cm³/mol. The topological polar surface area (TPSA) is 74.3 Å². The SMILES string of the molecule is O=C(CN1CCC(NC(=O)c2ccsc2)CC1)Nc1nc(-c2ccc(F)cc2)cs1. The van der Waals surface area contributed by atoms with E-state index >= 15 is 0 Å². The van der Waals surface area contributed by atoms with Gasteiger partial charge in [0.2, 0.25) is 5.91 Å². The van der Waals surface area contributed by atoms with Gasteiger partial charge in [-0.1, -0.05) is 0 Å². The van der Waals surface area contributed by atoms with Crippen molar-refractivity contribution in [3.8, 4) is 11.3 Å². The second-order valence-electron chi connectivity index (χ2n) is 7.13. The fourth-order valence-electron chi connectivity index (χ4n) is 3.34. The number of carbonyl (C=O) groups excluding carboxylic acids is 2. The Morgan fingerprint density at radius 3 is 2.60 bits per heavy atom. The Balaban J connectivity index is 1.22. The van der Waals surface area contributed by atoms with Crippen molar-refractivity contribution in [3.63, 3.8) is 0 Å². The van der Waals surface area contributed by atoms with Crippen LogP contribution in [0.2, 0.25) is 0 Å². The summed E-state index contributed by atoms with van der Waals surface area (Å²) < 4.78 is 13.1. The number of nitrogens with one attached hydrogen (secondary N) is 2. The molecule has 2 amide bonds. The predicted octanol–water partition coefficient (Wildman–Crippen LogP) is 3.84. The minimum absolute atomic E-state index is 0.0341. The third kappa shape index (κ3) is 5.29. The molecular formula is C21H21FN4O2S2. The number of halogens is 1. The summed E-state index contributed by atoms with van der Waals surface area (Å²) in [5.74, 6) is -0.443. The van der Waals surface area contributed by atoms with Crippen LogP contribution in [0.1, 0.15) is 23.2 Å². The van der Waals surface area contributed by atoms with Crippen LogP contribution in [0.25, 0.3) is 11.3 Å². The molecule has 2 N–H and O–H groups in total. The Morgan fingerprint density at radius 2 is 1.90 bits per heavy atom. The van der Waals surface area contributed by atoms with Gasteiger partial charge in [0.25, 0.3) is 5.91 Å². The van der Waals surface area contributed by atoms with Crippen LogP contribution in [-0.4, -0.2) is 47.4 Å². The van der Waals surface area contributed by atoms with Crippen LogP contribution in [0.5, 0.6) is 0 Å². The van der Waals surface area contributed by atoms with Gasteiger partial charge in [-0.15, -0.1) is 11.3 Å². The molecule has 1 aliphatic heterocycles. The zero-order chi connectivity index (χ0) is 20.9. The molecule has 3 heterocycles. The van der Waals surface area contributed by atoms with Gasteiger partial charge in [-0.05, 0) is 48.6 Å². The van der Waals surface area contributed by atoms with Crippen molar-refractivity contribution in [3.05, 3.63) is 57.9 Å². The van der Waals surface area contributed by atoms with Crippen molar-refractivity contribution in [2.75, 3.05) is 25.0 Å². The average Bonchev–Trinajstić information content (AvgIpc) is 3.42. The Labute approximate surface area is 181 Å². The number of likely N-dealkylation sites (tertiary alicyclic amines) is 1. The molecule has 9 heteroatoms. The second kappa shape index (κ2) is 9.46. The van der Waals surface area contributed by atoms with E-state index in [1.165, 1.54) is 34.8 Å². The number of aromatic nitrogens is 1. The fraction of sp³-hybridized carbons (Fsp3) is 0.286. The van der Waals surface area contributed by atoms with Crippen molar-refractivity contribution >= 4 is 39.6 Å². The fourth-order valence-corrected chi connectivity index (χ4v) is 4.72. The smallest absolute Gasteiger partial charge is 0.252 e. The van der Waals surface area contributed by atoms with E-state index in [1.807, 2.05) is 22.2 Å². The number of benzene rings is 1. The highest BCUT2D eigenvalue weighted by Gasteiger charge is 2.23. The first-order chi connectivity index (χ1) is 14.6. The molecule has 0 spiro atoms. The monoisotopic (exact) mass is 444 g/mol. The zero-order valence-corrected chi connectivity index (χ0v) is 17.8. The highest BCUT2D eigenvalue weighted by Crippen LogP contribution is 2.25. The molecule has 0 aliphatic carbocycles. The molecule has 6 nitrogen and oxygen atoms in total. The Bertz CT molecular complexity index is 996. The Kier molecular flexibility index (Phi) is 6.51. The molecule has 156 valence electrons. The number of carbonyl (C=O) groups is 2. The largest absolute Gasteiger partial charge is 0.349 e. The number of hydrogen-bond acceptors (Lipinski definition) is 6. The number of hydrogen-bond donors (Lipinski definition) is 2. The van der Waals surface area contributed by atoms with E-state index in [0.717, 1.165) is 31.5 Å². The lowest BCUT2D eigenvalue weighted by molar-refractivity contribution is -0.117. The van der Waals surface area contributed by atoms with Crippen LogP contribution in [0.3, 0.4) is 0 Å². The lowest BCUT2D eigenvalue weighted by atomic mass is 10.0. The third-order valence-corrected chi connectivity index (χ3v) is 6.40. The van der Waals surface area contributed by atoms with Crippen molar-refractivity contribution in [2.24, 2.45) is 0 Å². The molecule has 30 heavy (non-hydrogen) atoms. The van der Waals surface area contributed by atoms with Crippen LogP contribution < -0.4 is 10.6 Å². The molecule has 1 aliphatic rings. The number of piperidine rings is 1. The van der Waals surface area contributed by atoms with E-state index in [1.54, 1.807) is 12.1 Å². The summed E-state index contributed by atoms with van der Waals surface area (Å²) in [6.07, 6.45) is 1.63. The Hall–Kier alpha value is -2.62. The molecule has 0 bridgehead atoms. The van der Waals surface area contributed by atoms with Crippen LogP contribution in [0.4, 0.5) is 9.52 Å². The van der Waals surface area contributed by atoms with Gasteiger partial charge in [-0.25, -0.2) is 9.37 Å². The number of rotatable bonds is 6. The van der Waals surface area contributed by atoms with E-state index in [4.69, 9.17) is 0 Å². The summed E-state index contributed by atoms with van der Waals surface area (Å²) in [5, 5.41) is 12.0. The summed E-state index contributed by atoms with van der Waals surface area (Å²) in [6, 6.07) is 8.06. The highest BCUT2D eigenvalue weighted by atomic mass is 32.1. The standard InChI is InChI=1S/C21H21FN4O2S2/c22-16-3-1-14(2-4-16)18-13-30-21(24-18)25-19(27)11-26-8-5-17(6-9-26)23-20(28)15-7-10-29-12-15/h1-4,7,10,12-13,17H,5-6,8-9,11H2,(H,23,28)(H,24,25,27). The molecule has 2 aromatic heterocycles. The number of thiophene rings is 1. The highest BCUT2D eigenvalue weighted by molar-refractivity contribution is 7.14. The maximum atomic E-state index is 13.1. The summed E-state index contributed by atoms with van der Waals surface area (Å²) in [6.45, 7) is 1.79. The van der Waals surface area contributed by atoms with Crippen molar-refractivity contribution in [1.29, 1.82) is 0 Å². The summed E-state index contributed by atoms with van der Waals surface area (Å²) in [4.78, 5) is 31.0. The van der Waals surface area contributed by atoms with Crippen molar-refractivity contribution in [2.45, 2.75) is 18.9 Å². The van der Waals surface area contributed by atoms with Gasteiger partial charge in [-0.3, -0.25) is 14.5 Å². The summed E-state index contributed by atoms with van der Waals surface area (Å²) in [5.41, 5.74) is 2.21. The normalized spacial score (nSPS) is 15.1. The number of thiazole rings is 1. The molecule has 0 atom stereocenters. The van der Waals surface area contributed by atoms with Gasteiger partial charge >= 0.3 is 0 Å². The third-order valence-electron chi connectivity index (χ3n) is 4.96. The van der Waals surface area contributed by atoms with Gasteiger partial charge in [0, 0.05) is 41.0 Å². The average molecular weight is 445 g/mol. The maximum absolute atomic E-state index is 13.1. The van der Waals surface area contributed by atoms with Crippen molar-refractivity contribution in [1.82, 2.24) is 15.2 Å². The molecule has 1 fully saturated rings. The first kappa shape index (κ1) is 20.6. The minimum atomic E-state index is -0.294. The summed E-state index contributed by atoms with van der Waals surface area (Å²) >= 11 is 2.85. The van der Waals surface area contributed by atoms with E-state index < -0.39 is 0 Å². The lowest BCUT2D eigenvalue weighted by Crippen LogP contribution is -2.46. The van der Waals surface area contributed by atoms with E-state index in [-0.39, 0.29) is 30.2 Å². The molecule has 0 radical (unpaired) electrons. The van der Waals surface area contributed by atoms with Crippen molar-refractivity contribution < 1.29 is 14.0 Å². The molecule has 1 aromatic carbocycles. The second-order valence-corrected chi connectivity index (χ2v) is 8.77. The zero-order valence-electron chi connectivity index (χ0n) is 16.1. The van der Waals surface area contributed by atoms with Crippen LogP contribution in [0.15, 0.2) is 46.5 Å². The van der Waals surface area contributed by atoms with E-state index in [9.17, 15) is 14.0 Å². The minimum Gasteiger partial charge on any atom is -0.349 e. The molecular weight excluding hydrogens is 423 g/mol. The number of amides is 2. The van der Waals surface area contributed by atoms with E-state index in [2.05, 4.69) is 20.5 Å². The number of anilines is 1. The van der Waals surface area contributed by atoms with Gasteiger partial charge in [0.05, 0.1) is 12.2 Å². The van der Waals surface area contributed by atoms with Gasteiger partial charge < -0.3 is 10.6 Å². The van der Waals surface area contributed by atoms with Gasteiger partial charge in [0.15, 0.2) is 5.13 Å². The van der Waals surface area contributed by atoms with Gasteiger partial charge in [-0.2, -0.15) is 11.3 Å². The quantitative estimate of drug-likeness (QED) is 0.606. The van der Waals surface area contributed by atoms with Crippen LogP contribution in [-0.2, 0) is 4.79 Å². The first-order valence-corrected chi connectivity index (χ1v) is 11.5. The maximum Gasteiger partial charge on any atom is 0.252 e. The molecule has 0 saturated carbocycles. The first-order valence-electron chi connectivity index (χ1n) is 9.63. The lowest BCUT2D eigenvalue weighted by Gasteiger charge is -2.31. The molecule has 0 unspecified atom stereocenters. The molecule has 4 rings (SSSR count).